The average molecular weight is 492 g/mol. The van der Waals surface area contributed by atoms with Crippen LogP contribution in [0.1, 0.15) is 18.2 Å². The lowest BCUT2D eigenvalue weighted by Gasteiger charge is -2.19. The molecule has 1 aliphatic heterocycles. The van der Waals surface area contributed by atoms with Crippen LogP contribution in [0.5, 0.6) is 11.5 Å². The summed E-state index contributed by atoms with van der Waals surface area (Å²) in [4.78, 5) is 19.6. The third-order valence-corrected chi connectivity index (χ3v) is 6.46. The van der Waals surface area contributed by atoms with Crippen molar-refractivity contribution in [2.45, 2.75) is 25.0 Å². The fourth-order valence-electron chi connectivity index (χ4n) is 4.48. The second kappa shape index (κ2) is 9.98. The summed E-state index contributed by atoms with van der Waals surface area (Å²) in [5, 5.41) is 11.4. The van der Waals surface area contributed by atoms with Crippen LogP contribution in [0, 0.1) is 0 Å². The predicted molar refractivity (Wildman–Crippen MR) is 135 cm³/mol. The largest absolute Gasteiger partial charge is 0.497 e. The highest BCUT2D eigenvalue weighted by Crippen LogP contribution is 2.34. The number of amides is 1. The molecular weight excluding hydrogens is 466 g/mol. The molecule has 0 radical (unpaired) electrons. The first-order valence-corrected chi connectivity index (χ1v) is 11.9. The molecule has 1 aliphatic rings. The van der Waals surface area contributed by atoms with E-state index >= 15 is 0 Å². The molecule has 0 spiro atoms. The molecule has 1 aromatic heterocycles. The molecule has 1 N–H and O–H groups in total. The van der Waals surface area contributed by atoms with Crippen molar-refractivity contribution < 1.29 is 19.4 Å². The fraction of sp³-hybridized carbons (Fsp3) is 0.259. The Bertz CT molecular complexity index is 1320. The maximum Gasteiger partial charge on any atom is 0.227 e. The van der Waals surface area contributed by atoms with Crippen LogP contribution in [0.15, 0.2) is 72.8 Å². The number of anilines is 1. The second-order valence-electron chi connectivity index (χ2n) is 8.59. The Morgan fingerprint density at radius 1 is 1.06 bits per heavy atom. The summed E-state index contributed by atoms with van der Waals surface area (Å²) >= 11 is 5.93. The van der Waals surface area contributed by atoms with Crippen LogP contribution in [0.25, 0.3) is 11.0 Å². The van der Waals surface area contributed by atoms with E-state index in [4.69, 9.17) is 26.1 Å². The van der Waals surface area contributed by atoms with Crippen molar-refractivity contribution in [3.63, 3.8) is 0 Å². The van der Waals surface area contributed by atoms with E-state index in [1.165, 1.54) is 0 Å². The van der Waals surface area contributed by atoms with Gasteiger partial charge in [0.25, 0.3) is 0 Å². The lowest BCUT2D eigenvalue weighted by molar-refractivity contribution is -0.117. The number of carbonyl (C=O) groups is 1. The number of hydrogen-bond acceptors (Lipinski definition) is 5. The molecule has 7 nitrogen and oxygen atoms in total. The summed E-state index contributed by atoms with van der Waals surface area (Å²) in [6.07, 6.45) is -0.413. The minimum absolute atomic E-state index is 0.0467. The minimum Gasteiger partial charge on any atom is -0.497 e. The van der Waals surface area contributed by atoms with Gasteiger partial charge in [-0.2, -0.15) is 0 Å². The van der Waals surface area contributed by atoms with E-state index in [9.17, 15) is 9.90 Å². The summed E-state index contributed by atoms with van der Waals surface area (Å²) in [5.41, 5.74) is 2.59. The van der Waals surface area contributed by atoms with Crippen LogP contribution >= 0.6 is 11.6 Å². The van der Waals surface area contributed by atoms with Gasteiger partial charge in [-0.3, -0.25) is 4.79 Å². The first kappa shape index (κ1) is 23.2. The third-order valence-electron chi connectivity index (χ3n) is 6.21. The van der Waals surface area contributed by atoms with Crippen molar-refractivity contribution in [3.05, 3.63) is 83.6 Å². The van der Waals surface area contributed by atoms with Gasteiger partial charge in [-0.05, 0) is 60.7 Å². The SMILES string of the molecule is COc1ccc(N2C[C@H](c3nc4ccccc4n3C[C@H](O)COc3ccc(Cl)cc3)CC2=O)cc1. The lowest BCUT2D eigenvalue weighted by Crippen LogP contribution is -2.26. The van der Waals surface area contributed by atoms with E-state index in [1.54, 1.807) is 36.3 Å². The van der Waals surface area contributed by atoms with Crippen molar-refractivity contribution in [2.75, 3.05) is 25.2 Å². The highest BCUT2D eigenvalue weighted by Gasteiger charge is 2.35. The molecular formula is C27H26ClN3O4. The average Bonchev–Trinajstić information content (AvgIpc) is 3.44. The molecule has 1 saturated heterocycles. The van der Waals surface area contributed by atoms with Crippen LogP contribution in [-0.2, 0) is 11.3 Å². The van der Waals surface area contributed by atoms with E-state index in [1.807, 2.05) is 53.1 Å². The van der Waals surface area contributed by atoms with Gasteiger partial charge in [0.1, 0.15) is 30.0 Å². The Morgan fingerprint density at radius 3 is 2.51 bits per heavy atom. The van der Waals surface area contributed by atoms with Crippen molar-refractivity contribution in [3.8, 4) is 11.5 Å². The molecule has 8 heteroatoms. The standard InChI is InChI=1S/C27H26ClN3O4/c1-34-22-12-8-20(9-13-22)30-15-18(14-26(30)33)27-29-24-4-2-3-5-25(24)31(27)16-21(32)17-35-23-10-6-19(28)7-11-23/h2-13,18,21,32H,14-17H2,1H3/t18-,21+/m1/s1. The number of aromatic nitrogens is 2. The Hall–Kier alpha value is -3.55. The van der Waals surface area contributed by atoms with E-state index in [-0.39, 0.29) is 18.4 Å². The van der Waals surface area contributed by atoms with E-state index in [2.05, 4.69) is 0 Å². The van der Waals surface area contributed by atoms with Crippen molar-refractivity contribution in [1.29, 1.82) is 0 Å². The minimum atomic E-state index is -0.767. The first-order chi connectivity index (χ1) is 17.0. The van der Waals surface area contributed by atoms with Gasteiger partial charge in [0, 0.05) is 29.6 Å². The predicted octanol–water partition coefficient (Wildman–Crippen LogP) is 4.66. The van der Waals surface area contributed by atoms with Crippen LogP contribution in [-0.4, -0.2) is 46.9 Å². The molecule has 2 heterocycles. The van der Waals surface area contributed by atoms with Gasteiger partial charge >= 0.3 is 0 Å². The zero-order valence-corrected chi connectivity index (χ0v) is 20.1. The molecule has 1 fully saturated rings. The van der Waals surface area contributed by atoms with Gasteiger partial charge in [-0.25, -0.2) is 4.98 Å². The zero-order valence-electron chi connectivity index (χ0n) is 19.3. The number of methoxy groups -OCH3 is 1. The number of fused-ring (bicyclic) bond motifs is 1. The number of nitrogens with zero attached hydrogens (tertiary/aromatic N) is 3. The number of imidazole rings is 1. The van der Waals surface area contributed by atoms with Gasteiger partial charge in [0.2, 0.25) is 5.91 Å². The molecule has 180 valence electrons. The summed E-state index contributed by atoms with van der Waals surface area (Å²) in [5.74, 6) is 2.13. The number of aliphatic hydroxyl groups excluding tert-OH is 1. The molecule has 0 aliphatic carbocycles. The van der Waals surface area contributed by atoms with Crippen LogP contribution < -0.4 is 14.4 Å². The molecule has 5 rings (SSSR count). The summed E-state index contributed by atoms with van der Waals surface area (Å²) in [6.45, 7) is 0.942. The molecule has 35 heavy (non-hydrogen) atoms. The lowest BCUT2D eigenvalue weighted by atomic mass is 10.1. The monoisotopic (exact) mass is 491 g/mol. The highest BCUT2D eigenvalue weighted by molar-refractivity contribution is 6.30. The smallest absolute Gasteiger partial charge is 0.227 e. The number of aliphatic hydroxyl groups is 1. The number of halogens is 1. The number of para-hydroxylation sites is 2. The Balaban J connectivity index is 1.36. The number of benzene rings is 3. The van der Waals surface area contributed by atoms with Crippen LogP contribution in [0.3, 0.4) is 0 Å². The maximum atomic E-state index is 12.9. The van der Waals surface area contributed by atoms with Gasteiger partial charge in [0.05, 0.1) is 24.7 Å². The van der Waals surface area contributed by atoms with Gasteiger partial charge in [-0.15, -0.1) is 0 Å². The van der Waals surface area contributed by atoms with Gasteiger partial charge in [-0.1, -0.05) is 23.7 Å². The molecule has 3 aromatic carbocycles. The molecule has 1 amide bonds. The molecule has 0 saturated carbocycles. The number of carbonyl (C=O) groups excluding carboxylic acids is 1. The van der Waals surface area contributed by atoms with Crippen molar-refractivity contribution in [1.82, 2.24) is 9.55 Å². The zero-order chi connectivity index (χ0) is 24.4. The topological polar surface area (TPSA) is 76.8 Å². The fourth-order valence-corrected chi connectivity index (χ4v) is 4.60. The number of hydrogen-bond donors (Lipinski definition) is 1. The Labute approximate surface area is 208 Å². The van der Waals surface area contributed by atoms with Crippen molar-refractivity contribution >= 4 is 34.2 Å². The van der Waals surface area contributed by atoms with E-state index in [0.717, 1.165) is 28.3 Å². The molecule has 2 atom stereocenters. The van der Waals surface area contributed by atoms with Crippen LogP contribution in [0.4, 0.5) is 5.69 Å². The first-order valence-electron chi connectivity index (χ1n) is 11.5. The summed E-state index contributed by atoms with van der Waals surface area (Å²) in [7, 11) is 1.62. The summed E-state index contributed by atoms with van der Waals surface area (Å²) in [6, 6.07) is 22.3. The summed E-state index contributed by atoms with van der Waals surface area (Å²) < 4.78 is 13.0. The molecule has 4 aromatic rings. The second-order valence-corrected chi connectivity index (χ2v) is 9.03. The Kier molecular flexibility index (Phi) is 6.61. The highest BCUT2D eigenvalue weighted by atomic mass is 35.5. The van der Waals surface area contributed by atoms with Crippen molar-refractivity contribution in [2.24, 2.45) is 0 Å². The van der Waals surface area contributed by atoms with E-state index < -0.39 is 6.10 Å². The molecule has 0 bridgehead atoms. The van der Waals surface area contributed by atoms with Crippen LogP contribution in [0.2, 0.25) is 5.02 Å². The Morgan fingerprint density at radius 2 is 1.77 bits per heavy atom. The number of rotatable bonds is 8. The normalized spacial score (nSPS) is 16.6. The quantitative estimate of drug-likeness (QED) is 0.388. The number of ether oxygens (including phenoxy) is 2. The van der Waals surface area contributed by atoms with Gasteiger partial charge in [0.15, 0.2) is 0 Å². The molecule has 0 unspecified atom stereocenters. The van der Waals surface area contributed by atoms with E-state index in [0.29, 0.717) is 30.3 Å². The van der Waals surface area contributed by atoms with Gasteiger partial charge < -0.3 is 24.0 Å². The maximum absolute atomic E-state index is 12.9. The third kappa shape index (κ3) is 4.97.